The molecule has 3 nitrogen and oxygen atoms in total. The highest BCUT2D eigenvalue weighted by molar-refractivity contribution is 6.33. The van der Waals surface area contributed by atoms with Gasteiger partial charge in [-0.1, -0.05) is 37.8 Å². The SMILES string of the molecule is CCc1cc(C2(CN)CCCCC2)c(OC)c(Cl)c1OC. The fourth-order valence-electron chi connectivity index (χ4n) is 3.56. The highest BCUT2D eigenvalue weighted by atomic mass is 35.5. The van der Waals surface area contributed by atoms with Crippen molar-refractivity contribution in [1.29, 1.82) is 0 Å². The van der Waals surface area contributed by atoms with Gasteiger partial charge in [0, 0.05) is 17.5 Å². The lowest BCUT2D eigenvalue weighted by atomic mass is 9.68. The van der Waals surface area contributed by atoms with E-state index in [-0.39, 0.29) is 5.41 Å². The van der Waals surface area contributed by atoms with Gasteiger partial charge in [0.1, 0.15) is 16.5 Å². The van der Waals surface area contributed by atoms with Crippen LogP contribution in [0, 0.1) is 0 Å². The van der Waals surface area contributed by atoms with Gasteiger partial charge in [0.25, 0.3) is 0 Å². The summed E-state index contributed by atoms with van der Waals surface area (Å²) in [7, 11) is 3.32. The zero-order chi connectivity index (χ0) is 15.5. The average molecular weight is 312 g/mol. The van der Waals surface area contributed by atoms with Crippen molar-refractivity contribution in [3.63, 3.8) is 0 Å². The summed E-state index contributed by atoms with van der Waals surface area (Å²) >= 11 is 6.55. The minimum absolute atomic E-state index is 0.0105. The fourth-order valence-corrected chi connectivity index (χ4v) is 3.93. The molecule has 1 saturated carbocycles. The molecule has 0 aliphatic heterocycles. The topological polar surface area (TPSA) is 44.5 Å². The first-order valence-electron chi connectivity index (χ1n) is 7.77. The van der Waals surface area contributed by atoms with E-state index in [4.69, 9.17) is 26.8 Å². The molecule has 118 valence electrons. The largest absolute Gasteiger partial charge is 0.495 e. The minimum Gasteiger partial charge on any atom is -0.495 e. The fraction of sp³-hybridized carbons (Fsp3) is 0.647. The summed E-state index contributed by atoms with van der Waals surface area (Å²) in [6, 6.07) is 2.20. The quantitative estimate of drug-likeness (QED) is 0.891. The van der Waals surface area contributed by atoms with Gasteiger partial charge < -0.3 is 15.2 Å². The van der Waals surface area contributed by atoms with Gasteiger partial charge in [-0.25, -0.2) is 0 Å². The highest BCUT2D eigenvalue weighted by Gasteiger charge is 2.37. The predicted octanol–water partition coefficient (Wildman–Crippen LogP) is 4.08. The van der Waals surface area contributed by atoms with Gasteiger partial charge >= 0.3 is 0 Å². The van der Waals surface area contributed by atoms with Crippen molar-refractivity contribution >= 4 is 11.6 Å². The van der Waals surface area contributed by atoms with Crippen LogP contribution >= 0.6 is 11.6 Å². The summed E-state index contributed by atoms with van der Waals surface area (Å²) in [6.45, 7) is 2.75. The second kappa shape index (κ2) is 6.89. The molecule has 0 amide bonds. The molecule has 0 atom stereocenters. The summed E-state index contributed by atoms with van der Waals surface area (Å²) in [4.78, 5) is 0. The Morgan fingerprint density at radius 1 is 1.14 bits per heavy atom. The van der Waals surface area contributed by atoms with Gasteiger partial charge in [0.15, 0.2) is 0 Å². The lowest BCUT2D eigenvalue weighted by molar-refractivity contribution is 0.286. The van der Waals surface area contributed by atoms with E-state index in [1.165, 1.54) is 19.3 Å². The molecule has 2 N–H and O–H groups in total. The normalized spacial score (nSPS) is 17.6. The van der Waals surface area contributed by atoms with Crippen molar-refractivity contribution in [2.75, 3.05) is 20.8 Å². The van der Waals surface area contributed by atoms with Crippen LogP contribution in [0.2, 0.25) is 5.02 Å². The Kier molecular flexibility index (Phi) is 5.39. The number of nitrogens with two attached hydrogens (primary N) is 1. The molecule has 0 unspecified atom stereocenters. The van der Waals surface area contributed by atoms with Crippen molar-refractivity contribution < 1.29 is 9.47 Å². The third-order valence-corrected chi connectivity index (χ3v) is 5.16. The Labute approximate surface area is 132 Å². The molecule has 4 heteroatoms. The molecule has 0 radical (unpaired) electrons. The maximum atomic E-state index is 6.55. The minimum atomic E-state index is -0.0105. The van der Waals surface area contributed by atoms with Gasteiger partial charge in [0.2, 0.25) is 0 Å². The van der Waals surface area contributed by atoms with Crippen LogP contribution in [0.1, 0.15) is 50.2 Å². The van der Waals surface area contributed by atoms with E-state index in [2.05, 4.69) is 13.0 Å². The summed E-state index contributed by atoms with van der Waals surface area (Å²) in [5.41, 5.74) is 8.45. The summed E-state index contributed by atoms with van der Waals surface area (Å²) in [6.07, 6.45) is 6.80. The number of benzene rings is 1. The first-order valence-corrected chi connectivity index (χ1v) is 8.15. The number of hydrogen-bond acceptors (Lipinski definition) is 3. The van der Waals surface area contributed by atoms with Crippen molar-refractivity contribution in [2.45, 2.75) is 50.9 Å². The van der Waals surface area contributed by atoms with Crippen molar-refractivity contribution in [3.8, 4) is 11.5 Å². The van der Waals surface area contributed by atoms with Gasteiger partial charge in [-0.2, -0.15) is 0 Å². The summed E-state index contributed by atoms with van der Waals surface area (Å²) in [5, 5.41) is 0.577. The first-order chi connectivity index (χ1) is 10.1. The Hall–Kier alpha value is -0.930. The molecule has 0 bridgehead atoms. The molecule has 1 aliphatic carbocycles. The van der Waals surface area contributed by atoms with E-state index in [1.54, 1.807) is 14.2 Å². The maximum Gasteiger partial charge on any atom is 0.145 e. The third kappa shape index (κ3) is 2.86. The van der Waals surface area contributed by atoms with E-state index >= 15 is 0 Å². The van der Waals surface area contributed by atoms with E-state index in [9.17, 15) is 0 Å². The molecular formula is C17H26ClNO2. The molecule has 0 heterocycles. The van der Waals surface area contributed by atoms with Gasteiger partial charge in [0.05, 0.1) is 14.2 Å². The molecule has 21 heavy (non-hydrogen) atoms. The number of aryl methyl sites for hydroxylation is 1. The van der Waals surface area contributed by atoms with Crippen molar-refractivity contribution in [1.82, 2.24) is 0 Å². The van der Waals surface area contributed by atoms with Gasteiger partial charge in [-0.05, 0) is 30.9 Å². The smallest absolute Gasteiger partial charge is 0.145 e. The number of hydrogen-bond donors (Lipinski definition) is 1. The Morgan fingerprint density at radius 3 is 2.24 bits per heavy atom. The Balaban J connectivity index is 2.63. The van der Waals surface area contributed by atoms with Crippen LogP contribution < -0.4 is 15.2 Å². The zero-order valence-electron chi connectivity index (χ0n) is 13.3. The molecule has 1 fully saturated rings. The lowest BCUT2D eigenvalue weighted by Crippen LogP contribution is -2.37. The van der Waals surface area contributed by atoms with Gasteiger partial charge in [-0.15, -0.1) is 0 Å². The molecule has 0 spiro atoms. The molecular weight excluding hydrogens is 286 g/mol. The molecule has 0 saturated heterocycles. The number of ether oxygens (including phenoxy) is 2. The maximum absolute atomic E-state index is 6.55. The van der Waals surface area contributed by atoms with Crippen LogP contribution in [-0.2, 0) is 11.8 Å². The van der Waals surface area contributed by atoms with E-state index < -0.39 is 0 Å². The zero-order valence-corrected chi connectivity index (χ0v) is 14.1. The predicted molar refractivity (Wildman–Crippen MR) is 87.8 cm³/mol. The van der Waals surface area contributed by atoms with Gasteiger partial charge in [-0.3, -0.25) is 0 Å². The molecule has 1 aromatic rings. The third-order valence-electron chi connectivity index (χ3n) is 4.82. The van der Waals surface area contributed by atoms with Crippen molar-refractivity contribution in [2.24, 2.45) is 5.73 Å². The van der Waals surface area contributed by atoms with Crippen LogP contribution in [0.4, 0.5) is 0 Å². The monoisotopic (exact) mass is 311 g/mol. The number of methoxy groups -OCH3 is 2. The standard InChI is InChI=1S/C17H26ClNO2/c1-4-12-10-13(16(21-3)14(18)15(12)20-2)17(11-19)8-6-5-7-9-17/h10H,4-9,11,19H2,1-3H3. The second-order valence-corrected chi connectivity index (χ2v) is 6.24. The van der Waals surface area contributed by atoms with Crippen molar-refractivity contribution in [3.05, 3.63) is 22.2 Å². The van der Waals surface area contributed by atoms with Crippen LogP contribution in [0.25, 0.3) is 0 Å². The first kappa shape index (κ1) is 16.4. The van der Waals surface area contributed by atoms with Crippen LogP contribution in [-0.4, -0.2) is 20.8 Å². The second-order valence-electron chi connectivity index (χ2n) is 5.86. The molecule has 0 aromatic heterocycles. The van der Waals surface area contributed by atoms with Crippen LogP contribution in [0.3, 0.4) is 0 Å². The lowest BCUT2D eigenvalue weighted by Gasteiger charge is -2.38. The summed E-state index contributed by atoms with van der Waals surface area (Å²) < 4.78 is 11.1. The van der Waals surface area contributed by atoms with Crippen LogP contribution in [0.15, 0.2) is 6.07 Å². The van der Waals surface area contributed by atoms with E-state index in [0.717, 1.165) is 41.9 Å². The summed E-state index contributed by atoms with van der Waals surface area (Å²) in [5.74, 6) is 1.46. The Morgan fingerprint density at radius 2 is 1.76 bits per heavy atom. The molecule has 2 rings (SSSR count). The Bertz CT molecular complexity index is 496. The number of halogens is 1. The molecule has 1 aliphatic rings. The average Bonchev–Trinajstić information content (AvgIpc) is 2.54. The van der Waals surface area contributed by atoms with Crippen LogP contribution in [0.5, 0.6) is 11.5 Å². The van der Waals surface area contributed by atoms with E-state index in [0.29, 0.717) is 11.6 Å². The molecule has 1 aromatic carbocycles. The number of rotatable bonds is 5. The highest BCUT2D eigenvalue weighted by Crippen LogP contribution is 2.49. The van der Waals surface area contributed by atoms with E-state index in [1.807, 2.05) is 0 Å².